The number of fused-ring (bicyclic) bond motifs is 1. The average Bonchev–Trinajstić information content (AvgIpc) is 2.61. The Morgan fingerprint density at radius 3 is 2.89 bits per heavy atom. The number of amides is 1. The number of aliphatic hydroxyl groups is 1. The first kappa shape index (κ1) is 14.1. The summed E-state index contributed by atoms with van der Waals surface area (Å²) < 4.78 is 2.19. The smallest absolute Gasteiger partial charge is 0.221 e. The van der Waals surface area contributed by atoms with E-state index in [1.807, 2.05) is 6.92 Å². The number of hydrogen-bond acceptors (Lipinski definition) is 2. The SMILES string of the molecule is CNC(=O)CCn1c(C)cc2c1CC(C)(C)CC2O. The van der Waals surface area contributed by atoms with E-state index in [0.29, 0.717) is 13.0 Å². The molecular weight excluding hydrogens is 240 g/mol. The molecule has 1 aliphatic rings. The van der Waals surface area contributed by atoms with Crippen LogP contribution in [0.4, 0.5) is 0 Å². The van der Waals surface area contributed by atoms with Crippen molar-refractivity contribution >= 4 is 5.91 Å². The van der Waals surface area contributed by atoms with Crippen molar-refractivity contribution in [3.8, 4) is 0 Å². The van der Waals surface area contributed by atoms with Crippen LogP contribution < -0.4 is 5.32 Å². The van der Waals surface area contributed by atoms with Gasteiger partial charge in [-0.2, -0.15) is 0 Å². The van der Waals surface area contributed by atoms with Crippen molar-refractivity contribution in [1.82, 2.24) is 9.88 Å². The molecule has 4 nitrogen and oxygen atoms in total. The number of carbonyl (C=O) groups is 1. The number of carbonyl (C=O) groups excluding carboxylic acids is 1. The summed E-state index contributed by atoms with van der Waals surface area (Å²) in [6, 6.07) is 2.07. The lowest BCUT2D eigenvalue weighted by Crippen LogP contribution is -2.27. The van der Waals surface area contributed by atoms with E-state index in [9.17, 15) is 9.90 Å². The second-order valence-corrected chi connectivity index (χ2v) is 6.32. The molecule has 1 heterocycles. The van der Waals surface area contributed by atoms with Gasteiger partial charge in [0, 0.05) is 37.0 Å². The standard InChI is InChI=1S/C15H24N2O2/c1-10-7-11-12(8-15(2,3)9-13(11)18)17(10)6-5-14(19)16-4/h7,13,18H,5-6,8-9H2,1-4H3,(H,16,19). The van der Waals surface area contributed by atoms with E-state index < -0.39 is 0 Å². The van der Waals surface area contributed by atoms with Gasteiger partial charge in [-0.05, 0) is 31.2 Å². The second-order valence-electron chi connectivity index (χ2n) is 6.32. The Morgan fingerprint density at radius 2 is 2.26 bits per heavy atom. The zero-order valence-electron chi connectivity index (χ0n) is 12.3. The Bertz CT molecular complexity index is 489. The van der Waals surface area contributed by atoms with Crippen molar-refractivity contribution in [2.45, 2.75) is 52.7 Å². The molecule has 2 N–H and O–H groups in total. The third-order valence-corrected chi connectivity index (χ3v) is 4.04. The summed E-state index contributed by atoms with van der Waals surface area (Å²) in [5.41, 5.74) is 3.49. The van der Waals surface area contributed by atoms with Gasteiger partial charge in [-0.15, -0.1) is 0 Å². The Hall–Kier alpha value is -1.29. The van der Waals surface area contributed by atoms with Crippen LogP contribution in [0.2, 0.25) is 0 Å². The van der Waals surface area contributed by atoms with Gasteiger partial charge >= 0.3 is 0 Å². The quantitative estimate of drug-likeness (QED) is 0.876. The van der Waals surface area contributed by atoms with Crippen molar-refractivity contribution in [1.29, 1.82) is 0 Å². The molecule has 19 heavy (non-hydrogen) atoms. The number of aryl methyl sites for hydroxylation is 1. The van der Waals surface area contributed by atoms with Crippen molar-refractivity contribution in [2.24, 2.45) is 5.41 Å². The third kappa shape index (κ3) is 2.84. The highest BCUT2D eigenvalue weighted by molar-refractivity contribution is 5.75. The fourth-order valence-electron chi connectivity index (χ4n) is 3.05. The molecule has 1 aromatic rings. The van der Waals surface area contributed by atoms with Crippen LogP contribution in [-0.2, 0) is 17.8 Å². The monoisotopic (exact) mass is 264 g/mol. The minimum absolute atomic E-state index is 0.0532. The summed E-state index contributed by atoms with van der Waals surface area (Å²) in [5, 5.41) is 12.9. The van der Waals surface area contributed by atoms with Crippen molar-refractivity contribution < 1.29 is 9.90 Å². The Kier molecular flexibility index (Phi) is 3.72. The molecule has 0 saturated heterocycles. The van der Waals surface area contributed by atoms with Gasteiger partial charge in [0.15, 0.2) is 0 Å². The van der Waals surface area contributed by atoms with Crippen LogP contribution in [-0.4, -0.2) is 22.6 Å². The first-order valence-electron chi connectivity index (χ1n) is 6.91. The van der Waals surface area contributed by atoms with Crippen LogP contribution in [0, 0.1) is 12.3 Å². The molecule has 0 radical (unpaired) electrons. The van der Waals surface area contributed by atoms with Gasteiger partial charge in [0.05, 0.1) is 6.10 Å². The highest BCUT2D eigenvalue weighted by atomic mass is 16.3. The molecule has 1 aliphatic carbocycles. The summed E-state index contributed by atoms with van der Waals surface area (Å²) in [7, 11) is 1.66. The van der Waals surface area contributed by atoms with Gasteiger partial charge in [0.1, 0.15) is 0 Å². The molecule has 2 rings (SSSR count). The van der Waals surface area contributed by atoms with Gasteiger partial charge in [-0.1, -0.05) is 13.8 Å². The molecule has 0 saturated carbocycles. The van der Waals surface area contributed by atoms with Gasteiger partial charge in [0.25, 0.3) is 0 Å². The van der Waals surface area contributed by atoms with Crippen molar-refractivity contribution in [3.05, 3.63) is 23.0 Å². The number of nitrogens with zero attached hydrogens (tertiary/aromatic N) is 1. The average molecular weight is 264 g/mol. The number of nitrogens with one attached hydrogen (secondary N) is 1. The van der Waals surface area contributed by atoms with Crippen LogP contribution in [0.25, 0.3) is 0 Å². The molecule has 0 bridgehead atoms. The normalized spacial score (nSPS) is 21.0. The topological polar surface area (TPSA) is 54.3 Å². The number of rotatable bonds is 3. The van der Waals surface area contributed by atoms with Gasteiger partial charge in [0.2, 0.25) is 5.91 Å². The maximum absolute atomic E-state index is 11.4. The van der Waals surface area contributed by atoms with Gasteiger partial charge < -0.3 is 15.0 Å². The minimum atomic E-state index is -0.376. The van der Waals surface area contributed by atoms with Crippen molar-refractivity contribution in [3.63, 3.8) is 0 Å². The summed E-state index contributed by atoms with van der Waals surface area (Å²) in [4.78, 5) is 11.4. The third-order valence-electron chi connectivity index (χ3n) is 4.04. The molecule has 1 aromatic heterocycles. The maximum Gasteiger partial charge on any atom is 0.221 e. The molecular formula is C15H24N2O2. The van der Waals surface area contributed by atoms with E-state index in [0.717, 1.165) is 24.1 Å². The lowest BCUT2D eigenvalue weighted by molar-refractivity contribution is -0.120. The largest absolute Gasteiger partial charge is 0.388 e. The fraction of sp³-hybridized carbons (Fsp3) is 0.667. The Morgan fingerprint density at radius 1 is 1.58 bits per heavy atom. The molecule has 1 unspecified atom stereocenters. The van der Waals surface area contributed by atoms with E-state index in [1.54, 1.807) is 7.05 Å². The molecule has 1 atom stereocenters. The number of hydrogen-bond donors (Lipinski definition) is 2. The number of aromatic nitrogens is 1. The van der Waals surface area contributed by atoms with E-state index in [4.69, 9.17) is 0 Å². The first-order valence-corrected chi connectivity index (χ1v) is 6.91. The maximum atomic E-state index is 11.4. The van der Waals surface area contributed by atoms with Crippen molar-refractivity contribution in [2.75, 3.05) is 7.05 Å². The lowest BCUT2D eigenvalue weighted by Gasteiger charge is -2.34. The molecule has 1 amide bonds. The summed E-state index contributed by atoms with van der Waals surface area (Å²) in [6.45, 7) is 7.10. The first-order chi connectivity index (χ1) is 8.84. The van der Waals surface area contributed by atoms with E-state index >= 15 is 0 Å². The summed E-state index contributed by atoms with van der Waals surface area (Å²) in [5.74, 6) is 0.0532. The minimum Gasteiger partial charge on any atom is -0.388 e. The van der Waals surface area contributed by atoms with Crippen LogP contribution in [0.1, 0.15) is 49.7 Å². The van der Waals surface area contributed by atoms with E-state index in [1.165, 1.54) is 5.69 Å². The zero-order valence-corrected chi connectivity index (χ0v) is 12.3. The van der Waals surface area contributed by atoms with Gasteiger partial charge in [-0.3, -0.25) is 4.79 Å². The molecule has 0 aromatic carbocycles. The van der Waals surface area contributed by atoms with Crippen LogP contribution in [0.3, 0.4) is 0 Å². The fourth-order valence-corrected chi connectivity index (χ4v) is 3.05. The lowest BCUT2D eigenvalue weighted by atomic mass is 9.75. The van der Waals surface area contributed by atoms with E-state index in [2.05, 4.69) is 29.8 Å². The predicted molar refractivity (Wildman–Crippen MR) is 74.9 cm³/mol. The molecule has 4 heteroatoms. The Labute approximate surface area is 114 Å². The van der Waals surface area contributed by atoms with Gasteiger partial charge in [-0.25, -0.2) is 0 Å². The van der Waals surface area contributed by atoms with E-state index in [-0.39, 0.29) is 17.4 Å². The second kappa shape index (κ2) is 5.00. The molecule has 106 valence electrons. The molecule has 0 spiro atoms. The van der Waals surface area contributed by atoms with Crippen LogP contribution in [0.15, 0.2) is 6.07 Å². The van der Waals surface area contributed by atoms with Crippen LogP contribution in [0.5, 0.6) is 0 Å². The highest BCUT2D eigenvalue weighted by Gasteiger charge is 2.33. The van der Waals surface area contributed by atoms with Crippen LogP contribution >= 0.6 is 0 Å². The summed E-state index contributed by atoms with van der Waals surface area (Å²) >= 11 is 0. The molecule has 0 fully saturated rings. The number of aliphatic hydroxyl groups excluding tert-OH is 1. The zero-order chi connectivity index (χ0) is 14.2. The predicted octanol–water partition coefficient (Wildman–Crippen LogP) is 1.94. The Balaban J connectivity index is 2.28. The molecule has 0 aliphatic heterocycles. The summed E-state index contributed by atoms with van der Waals surface area (Å²) in [6.07, 6.45) is 1.87. The highest BCUT2D eigenvalue weighted by Crippen LogP contribution is 2.41.